The fraction of sp³-hybridized carbons (Fsp3) is 0.417. The Morgan fingerprint density at radius 2 is 2.00 bits per heavy atom. The van der Waals surface area contributed by atoms with E-state index in [9.17, 15) is 0 Å². The third-order valence-electron chi connectivity index (χ3n) is 1.82. The van der Waals surface area contributed by atoms with Crippen molar-refractivity contribution in [1.29, 1.82) is 0 Å². The number of aryl methyl sites for hydroxylation is 1. The first kappa shape index (κ1) is 15.5. The maximum atomic E-state index is 3.23. The minimum Gasteiger partial charge on any atom is -0.358 e. The minimum atomic E-state index is 0. The Balaban J connectivity index is 0. The zero-order valence-corrected chi connectivity index (χ0v) is 10.3. The number of hydrogen-bond donors (Lipinski definition) is 0. The van der Waals surface area contributed by atoms with Crippen molar-refractivity contribution in [2.24, 2.45) is 0 Å². The van der Waals surface area contributed by atoms with Gasteiger partial charge in [-0.3, -0.25) is 0 Å². The molecule has 0 saturated heterocycles. The van der Waals surface area contributed by atoms with E-state index in [-0.39, 0.29) is 30.5 Å². The second kappa shape index (κ2) is 10.1. The average molecular weight is 187 g/mol. The van der Waals surface area contributed by atoms with Crippen molar-refractivity contribution in [2.45, 2.75) is 32.6 Å². The molecule has 0 aliphatic heterocycles. The van der Waals surface area contributed by atoms with Gasteiger partial charge in [0.15, 0.2) is 0 Å². The van der Waals surface area contributed by atoms with Gasteiger partial charge in [-0.05, 0) is 0 Å². The molecule has 1 aromatic carbocycles. The molecule has 1 heteroatoms. The minimum absolute atomic E-state index is 0. The normalized spacial score (nSPS) is 8.38. The van der Waals surface area contributed by atoms with Crippen LogP contribution in [0.15, 0.2) is 24.3 Å². The number of unbranched alkanes of at least 4 members (excludes halogenated alkanes) is 2. The number of benzene rings is 1. The molecule has 1 aromatic rings. The smallest absolute Gasteiger partial charge is 0.358 e. The average Bonchev–Trinajstić information content (AvgIpc) is 2.07. The molecule has 0 bridgehead atoms. The van der Waals surface area contributed by atoms with Gasteiger partial charge in [0.05, 0.1) is 0 Å². The van der Waals surface area contributed by atoms with Gasteiger partial charge in [0.25, 0.3) is 0 Å². The standard InChI is InChI=1S/C11H15.CH3.Mg/c1-2-3-5-8-11-9-6-4-7-10-11;;/h4,6-7,9H,2-3,5,8H2,1H3;1H3;/q2*-1;+2. The van der Waals surface area contributed by atoms with Crippen molar-refractivity contribution in [3.8, 4) is 0 Å². The zero-order valence-electron chi connectivity index (χ0n) is 8.84. The summed E-state index contributed by atoms with van der Waals surface area (Å²) in [4.78, 5) is 0. The van der Waals surface area contributed by atoms with Crippen molar-refractivity contribution in [1.82, 2.24) is 0 Å². The topological polar surface area (TPSA) is 0 Å². The van der Waals surface area contributed by atoms with Crippen LogP contribution in [-0.4, -0.2) is 23.1 Å². The van der Waals surface area contributed by atoms with Crippen LogP contribution in [0, 0.1) is 13.5 Å². The van der Waals surface area contributed by atoms with Gasteiger partial charge < -0.3 is 7.43 Å². The number of rotatable bonds is 4. The number of hydrogen-bond acceptors (Lipinski definition) is 0. The van der Waals surface area contributed by atoms with Gasteiger partial charge in [-0.25, -0.2) is 0 Å². The van der Waals surface area contributed by atoms with Crippen molar-refractivity contribution in [3.63, 3.8) is 0 Å². The van der Waals surface area contributed by atoms with E-state index >= 15 is 0 Å². The maximum Gasteiger partial charge on any atom is 2.00 e. The van der Waals surface area contributed by atoms with Gasteiger partial charge in [0.2, 0.25) is 0 Å². The van der Waals surface area contributed by atoms with E-state index in [0.717, 1.165) is 0 Å². The molecule has 0 amide bonds. The summed E-state index contributed by atoms with van der Waals surface area (Å²) < 4.78 is 0. The molecule has 0 nitrogen and oxygen atoms in total. The molecule has 0 radical (unpaired) electrons. The molecule has 13 heavy (non-hydrogen) atoms. The summed E-state index contributed by atoms with van der Waals surface area (Å²) in [5, 5.41) is 0. The van der Waals surface area contributed by atoms with E-state index in [4.69, 9.17) is 0 Å². The molecule has 0 N–H and O–H groups in total. The third kappa shape index (κ3) is 7.09. The fourth-order valence-electron chi connectivity index (χ4n) is 1.15. The molecule has 0 aliphatic carbocycles. The Labute approximate surface area is 98.9 Å². The van der Waals surface area contributed by atoms with Crippen LogP contribution in [0.4, 0.5) is 0 Å². The van der Waals surface area contributed by atoms with Crippen LogP contribution < -0.4 is 0 Å². The fourth-order valence-corrected chi connectivity index (χ4v) is 1.15. The largest absolute Gasteiger partial charge is 2.00 e. The quantitative estimate of drug-likeness (QED) is 0.385. The van der Waals surface area contributed by atoms with E-state index < -0.39 is 0 Å². The Hall–Kier alpha value is -0.0138. The monoisotopic (exact) mass is 186 g/mol. The summed E-state index contributed by atoms with van der Waals surface area (Å²) in [5.74, 6) is 0. The first-order valence-corrected chi connectivity index (χ1v) is 4.39. The van der Waals surface area contributed by atoms with Crippen molar-refractivity contribution >= 4 is 23.1 Å². The van der Waals surface area contributed by atoms with Gasteiger partial charge in [0, 0.05) is 0 Å². The van der Waals surface area contributed by atoms with Crippen LogP contribution >= 0.6 is 0 Å². The van der Waals surface area contributed by atoms with Gasteiger partial charge in [-0.15, -0.1) is 0 Å². The van der Waals surface area contributed by atoms with Crippen molar-refractivity contribution < 1.29 is 0 Å². The SMILES string of the molecule is CCCCCc1[c-]cccc1.[CH3-].[Mg+2]. The molecule has 0 aromatic heterocycles. The van der Waals surface area contributed by atoms with E-state index in [2.05, 4.69) is 25.1 Å². The molecule has 0 atom stereocenters. The predicted molar refractivity (Wildman–Crippen MR) is 60.7 cm³/mol. The van der Waals surface area contributed by atoms with Gasteiger partial charge >= 0.3 is 23.1 Å². The second-order valence-corrected chi connectivity index (χ2v) is 2.84. The molecule has 0 fully saturated rings. The van der Waals surface area contributed by atoms with Crippen molar-refractivity contribution in [2.75, 3.05) is 0 Å². The Morgan fingerprint density at radius 3 is 2.54 bits per heavy atom. The summed E-state index contributed by atoms with van der Waals surface area (Å²) in [6.07, 6.45) is 5.13. The Morgan fingerprint density at radius 1 is 1.23 bits per heavy atom. The third-order valence-corrected chi connectivity index (χ3v) is 1.82. The Kier molecular flexibility index (Phi) is 12.0. The van der Waals surface area contributed by atoms with Crippen molar-refractivity contribution in [3.05, 3.63) is 43.3 Å². The van der Waals surface area contributed by atoms with E-state index in [1.165, 1.54) is 31.2 Å². The molecule has 0 saturated carbocycles. The van der Waals surface area contributed by atoms with Crippen LogP contribution in [0.1, 0.15) is 31.7 Å². The summed E-state index contributed by atoms with van der Waals surface area (Å²) in [7, 11) is 0. The summed E-state index contributed by atoms with van der Waals surface area (Å²) in [6, 6.07) is 11.5. The van der Waals surface area contributed by atoms with Crippen LogP contribution in [0.3, 0.4) is 0 Å². The molecular formula is C12H18Mg. The molecule has 0 spiro atoms. The zero-order chi connectivity index (χ0) is 7.94. The molecule has 68 valence electrons. The van der Waals surface area contributed by atoms with Crippen LogP contribution in [0.5, 0.6) is 0 Å². The first-order chi connectivity index (χ1) is 5.43. The van der Waals surface area contributed by atoms with Gasteiger partial charge in [-0.1, -0.05) is 32.6 Å². The molecule has 0 aliphatic rings. The summed E-state index contributed by atoms with van der Waals surface area (Å²) >= 11 is 0. The van der Waals surface area contributed by atoms with Gasteiger partial charge in [0.1, 0.15) is 0 Å². The first-order valence-electron chi connectivity index (χ1n) is 4.39. The molecule has 1 rings (SSSR count). The molecule has 0 unspecified atom stereocenters. The maximum absolute atomic E-state index is 3.23. The van der Waals surface area contributed by atoms with Crippen LogP contribution in [0.25, 0.3) is 0 Å². The predicted octanol–water partition coefficient (Wildman–Crippen LogP) is 3.29. The summed E-state index contributed by atoms with van der Waals surface area (Å²) in [6.45, 7) is 2.23. The van der Waals surface area contributed by atoms with Crippen LogP contribution in [0.2, 0.25) is 0 Å². The van der Waals surface area contributed by atoms with E-state index in [1.807, 2.05) is 12.1 Å². The second-order valence-electron chi connectivity index (χ2n) is 2.84. The molecule has 0 heterocycles. The van der Waals surface area contributed by atoms with Crippen LogP contribution in [-0.2, 0) is 6.42 Å². The summed E-state index contributed by atoms with van der Waals surface area (Å²) in [5.41, 5.74) is 1.35. The van der Waals surface area contributed by atoms with Gasteiger partial charge in [-0.2, -0.15) is 35.9 Å². The van der Waals surface area contributed by atoms with E-state index in [1.54, 1.807) is 0 Å². The Bertz CT molecular complexity index is 182. The molecular weight excluding hydrogens is 168 g/mol. The van der Waals surface area contributed by atoms with E-state index in [0.29, 0.717) is 0 Å².